The average Bonchev–Trinajstić information content (AvgIpc) is 2.62. The van der Waals surface area contributed by atoms with Crippen LogP contribution in [-0.2, 0) is 13.5 Å². The van der Waals surface area contributed by atoms with Crippen LogP contribution in [0.4, 0.5) is 0 Å². The molecule has 0 aromatic carbocycles. The first kappa shape index (κ1) is 9.02. The lowest BCUT2D eigenvalue weighted by Gasteiger charge is -2.18. The SMILES string of the molecule is Cn1cc(CC2(O)CCSC2)nn1. The van der Waals surface area contributed by atoms with Crippen molar-refractivity contribution >= 4 is 11.8 Å². The number of aryl methyl sites for hydroxylation is 1. The molecular formula is C8H13N3OS. The molecule has 1 aromatic rings. The van der Waals surface area contributed by atoms with E-state index in [9.17, 15) is 5.11 Å². The third-order valence-electron chi connectivity index (χ3n) is 2.24. The lowest BCUT2D eigenvalue weighted by atomic mass is 9.98. The number of rotatable bonds is 2. The molecule has 1 unspecified atom stereocenters. The van der Waals surface area contributed by atoms with Crippen molar-refractivity contribution in [3.63, 3.8) is 0 Å². The molecule has 0 aliphatic carbocycles. The third kappa shape index (κ3) is 2.03. The fourth-order valence-corrected chi connectivity index (χ4v) is 2.84. The molecule has 4 nitrogen and oxygen atoms in total. The molecule has 0 bridgehead atoms. The lowest BCUT2D eigenvalue weighted by molar-refractivity contribution is 0.0676. The fraction of sp³-hybridized carbons (Fsp3) is 0.750. The van der Waals surface area contributed by atoms with Crippen molar-refractivity contribution in [2.45, 2.75) is 18.4 Å². The normalized spacial score (nSPS) is 28.2. The Morgan fingerprint density at radius 3 is 3.15 bits per heavy atom. The smallest absolute Gasteiger partial charge is 0.0855 e. The molecule has 1 aliphatic rings. The van der Waals surface area contributed by atoms with Gasteiger partial charge >= 0.3 is 0 Å². The van der Waals surface area contributed by atoms with E-state index in [1.165, 1.54) is 0 Å². The zero-order valence-corrected chi connectivity index (χ0v) is 8.42. The van der Waals surface area contributed by atoms with Gasteiger partial charge in [-0.25, -0.2) is 0 Å². The summed E-state index contributed by atoms with van der Waals surface area (Å²) < 4.78 is 1.67. The molecule has 13 heavy (non-hydrogen) atoms. The van der Waals surface area contributed by atoms with Gasteiger partial charge in [0, 0.05) is 25.4 Å². The van der Waals surface area contributed by atoms with Gasteiger partial charge in [0.25, 0.3) is 0 Å². The van der Waals surface area contributed by atoms with Gasteiger partial charge in [0.1, 0.15) is 0 Å². The molecule has 1 aromatic heterocycles. The van der Waals surface area contributed by atoms with E-state index in [-0.39, 0.29) is 0 Å². The van der Waals surface area contributed by atoms with Crippen LogP contribution in [0.2, 0.25) is 0 Å². The molecule has 1 aliphatic heterocycles. The van der Waals surface area contributed by atoms with E-state index in [0.29, 0.717) is 6.42 Å². The highest BCUT2D eigenvalue weighted by Crippen LogP contribution is 2.30. The van der Waals surface area contributed by atoms with Crippen molar-refractivity contribution < 1.29 is 5.11 Å². The minimum Gasteiger partial charge on any atom is -0.389 e. The van der Waals surface area contributed by atoms with E-state index in [2.05, 4.69) is 10.3 Å². The highest BCUT2D eigenvalue weighted by molar-refractivity contribution is 7.99. The number of hydrogen-bond donors (Lipinski definition) is 1. The summed E-state index contributed by atoms with van der Waals surface area (Å²) >= 11 is 1.80. The minimum absolute atomic E-state index is 0.541. The topological polar surface area (TPSA) is 50.9 Å². The van der Waals surface area contributed by atoms with E-state index in [1.807, 2.05) is 13.2 Å². The molecule has 1 fully saturated rings. The van der Waals surface area contributed by atoms with Gasteiger partial charge in [-0.3, -0.25) is 4.68 Å². The quantitative estimate of drug-likeness (QED) is 0.740. The Hall–Kier alpha value is -0.550. The van der Waals surface area contributed by atoms with Crippen molar-refractivity contribution in [1.29, 1.82) is 0 Å². The molecule has 5 heteroatoms. The van der Waals surface area contributed by atoms with Crippen molar-refractivity contribution in [1.82, 2.24) is 15.0 Å². The zero-order valence-electron chi connectivity index (χ0n) is 7.60. The first-order valence-corrected chi connectivity index (χ1v) is 5.49. The van der Waals surface area contributed by atoms with Crippen LogP contribution in [-0.4, -0.2) is 37.2 Å². The molecule has 72 valence electrons. The Bertz CT molecular complexity index is 293. The van der Waals surface area contributed by atoms with Crippen LogP contribution < -0.4 is 0 Å². The maximum atomic E-state index is 10.1. The van der Waals surface area contributed by atoms with E-state index in [0.717, 1.165) is 23.6 Å². The lowest BCUT2D eigenvalue weighted by Crippen LogP contribution is -2.30. The van der Waals surface area contributed by atoms with E-state index < -0.39 is 5.60 Å². The van der Waals surface area contributed by atoms with Crippen molar-refractivity contribution in [3.8, 4) is 0 Å². The Kier molecular flexibility index (Phi) is 2.29. The van der Waals surface area contributed by atoms with Gasteiger partial charge in [-0.15, -0.1) is 5.10 Å². The van der Waals surface area contributed by atoms with Crippen LogP contribution in [0.5, 0.6) is 0 Å². The Balaban J connectivity index is 2.04. The summed E-state index contributed by atoms with van der Waals surface area (Å²) in [7, 11) is 1.84. The van der Waals surface area contributed by atoms with Crippen LogP contribution >= 0.6 is 11.8 Å². The molecule has 2 rings (SSSR count). The summed E-state index contributed by atoms with van der Waals surface area (Å²) in [5, 5.41) is 17.9. The highest BCUT2D eigenvalue weighted by Gasteiger charge is 2.32. The van der Waals surface area contributed by atoms with Gasteiger partial charge in [-0.2, -0.15) is 11.8 Å². The second-order valence-corrected chi connectivity index (χ2v) is 4.69. The molecule has 0 spiro atoms. The van der Waals surface area contributed by atoms with Crippen molar-refractivity contribution in [2.24, 2.45) is 7.05 Å². The number of nitrogens with zero attached hydrogens (tertiary/aromatic N) is 3. The van der Waals surface area contributed by atoms with E-state index in [4.69, 9.17) is 0 Å². The summed E-state index contributed by atoms with van der Waals surface area (Å²) in [5.41, 5.74) is 0.341. The Morgan fingerprint density at radius 1 is 1.77 bits per heavy atom. The van der Waals surface area contributed by atoms with E-state index in [1.54, 1.807) is 16.4 Å². The molecule has 1 atom stereocenters. The third-order valence-corrected chi connectivity index (χ3v) is 3.48. The number of aliphatic hydroxyl groups is 1. The molecule has 0 saturated carbocycles. The van der Waals surface area contributed by atoms with Crippen LogP contribution in [0.25, 0.3) is 0 Å². The van der Waals surface area contributed by atoms with Crippen molar-refractivity contribution in [3.05, 3.63) is 11.9 Å². The fourth-order valence-electron chi connectivity index (χ4n) is 1.55. The standard InChI is InChI=1S/C8H13N3OS/c1-11-5-7(9-10-11)4-8(12)2-3-13-6-8/h5,12H,2-4,6H2,1H3. The van der Waals surface area contributed by atoms with Crippen LogP contribution in [0.15, 0.2) is 6.20 Å². The van der Waals surface area contributed by atoms with Crippen molar-refractivity contribution in [2.75, 3.05) is 11.5 Å². The summed E-state index contributed by atoms with van der Waals surface area (Å²) in [6, 6.07) is 0. The first-order valence-electron chi connectivity index (χ1n) is 4.33. The number of aromatic nitrogens is 3. The van der Waals surface area contributed by atoms with Gasteiger partial charge in [0.2, 0.25) is 0 Å². The van der Waals surface area contributed by atoms with Crippen LogP contribution in [0.1, 0.15) is 12.1 Å². The minimum atomic E-state index is -0.541. The second kappa shape index (κ2) is 3.31. The summed E-state index contributed by atoms with van der Waals surface area (Å²) in [6.45, 7) is 0. The Morgan fingerprint density at radius 2 is 2.62 bits per heavy atom. The number of hydrogen-bond acceptors (Lipinski definition) is 4. The average molecular weight is 199 g/mol. The highest BCUT2D eigenvalue weighted by atomic mass is 32.2. The maximum absolute atomic E-state index is 10.1. The molecule has 1 saturated heterocycles. The molecule has 0 amide bonds. The summed E-state index contributed by atoms with van der Waals surface area (Å²) in [5.74, 6) is 1.88. The van der Waals surface area contributed by atoms with Crippen LogP contribution in [0.3, 0.4) is 0 Å². The monoisotopic (exact) mass is 199 g/mol. The van der Waals surface area contributed by atoms with Gasteiger partial charge in [-0.1, -0.05) is 5.21 Å². The zero-order chi connectivity index (χ0) is 9.31. The van der Waals surface area contributed by atoms with Gasteiger partial charge < -0.3 is 5.11 Å². The largest absolute Gasteiger partial charge is 0.389 e. The summed E-state index contributed by atoms with van der Waals surface area (Å²) in [4.78, 5) is 0. The van der Waals surface area contributed by atoms with Gasteiger partial charge in [-0.05, 0) is 12.2 Å². The van der Waals surface area contributed by atoms with E-state index >= 15 is 0 Å². The molecule has 1 N–H and O–H groups in total. The van der Waals surface area contributed by atoms with Gasteiger partial charge in [0.15, 0.2) is 0 Å². The second-order valence-electron chi connectivity index (χ2n) is 3.59. The van der Waals surface area contributed by atoms with Gasteiger partial charge in [0.05, 0.1) is 11.3 Å². The number of thioether (sulfide) groups is 1. The Labute approximate surface area is 81.3 Å². The predicted octanol–water partition coefficient (Wildman–Crippen LogP) is 0.226. The summed E-state index contributed by atoms with van der Waals surface area (Å²) in [6.07, 6.45) is 3.36. The molecule has 2 heterocycles. The maximum Gasteiger partial charge on any atom is 0.0855 e. The molecule has 0 radical (unpaired) electrons. The predicted molar refractivity (Wildman–Crippen MR) is 51.6 cm³/mol. The van der Waals surface area contributed by atoms with Crippen LogP contribution in [0, 0.1) is 0 Å². The molecular weight excluding hydrogens is 186 g/mol. The first-order chi connectivity index (χ1) is 6.18.